The molecule has 1 aliphatic heterocycles. The topological polar surface area (TPSA) is 57.6 Å². The van der Waals surface area contributed by atoms with Gasteiger partial charge in [-0.05, 0) is 31.6 Å². The number of nitrogens with zero attached hydrogens (tertiary/aromatic N) is 1. The molecule has 100 valence electrons. The van der Waals surface area contributed by atoms with E-state index in [4.69, 9.17) is 5.11 Å². The summed E-state index contributed by atoms with van der Waals surface area (Å²) in [7, 11) is 0. The van der Waals surface area contributed by atoms with Crippen LogP contribution in [0.25, 0.3) is 0 Å². The molecule has 18 heavy (non-hydrogen) atoms. The van der Waals surface area contributed by atoms with Crippen LogP contribution in [0.2, 0.25) is 0 Å². The second-order valence-corrected chi connectivity index (χ2v) is 5.31. The molecule has 2 fully saturated rings. The first-order valence-corrected chi connectivity index (χ1v) is 6.90. The van der Waals surface area contributed by atoms with Crippen molar-refractivity contribution in [2.24, 2.45) is 5.92 Å². The number of amides is 1. The Balaban J connectivity index is 1.98. The third-order valence-corrected chi connectivity index (χ3v) is 4.14. The highest BCUT2D eigenvalue weighted by molar-refractivity contribution is 5.94. The Bertz CT molecular complexity index is 345. The third-order valence-electron chi connectivity index (χ3n) is 4.14. The molecule has 0 aromatic rings. The van der Waals surface area contributed by atoms with E-state index < -0.39 is 5.97 Å². The van der Waals surface area contributed by atoms with Gasteiger partial charge in [0.05, 0.1) is 0 Å². The van der Waals surface area contributed by atoms with Crippen molar-refractivity contribution < 1.29 is 14.7 Å². The van der Waals surface area contributed by atoms with Crippen LogP contribution < -0.4 is 0 Å². The van der Waals surface area contributed by atoms with Crippen molar-refractivity contribution in [2.45, 2.75) is 51.0 Å². The molecule has 0 spiro atoms. The Morgan fingerprint density at radius 2 is 1.72 bits per heavy atom. The average molecular weight is 251 g/mol. The van der Waals surface area contributed by atoms with E-state index in [-0.39, 0.29) is 5.91 Å². The summed E-state index contributed by atoms with van der Waals surface area (Å²) >= 11 is 0. The molecule has 1 N–H and O–H groups in total. The van der Waals surface area contributed by atoms with Crippen LogP contribution in [0.1, 0.15) is 44.9 Å². The summed E-state index contributed by atoms with van der Waals surface area (Å²) in [6, 6.07) is 0.344. The molecule has 4 heteroatoms. The van der Waals surface area contributed by atoms with Gasteiger partial charge in [-0.2, -0.15) is 0 Å². The Morgan fingerprint density at radius 3 is 2.39 bits per heavy atom. The van der Waals surface area contributed by atoms with Crippen LogP contribution in [0.5, 0.6) is 0 Å². The smallest absolute Gasteiger partial charge is 0.328 e. The summed E-state index contributed by atoms with van der Waals surface area (Å²) in [5.74, 6) is -0.564. The average Bonchev–Trinajstić information content (AvgIpc) is 2.86. The molecule has 1 saturated heterocycles. The van der Waals surface area contributed by atoms with E-state index >= 15 is 0 Å². The highest BCUT2D eigenvalue weighted by Gasteiger charge is 2.34. The van der Waals surface area contributed by atoms with Crippen LogP contribution in [0.15, 0.2) is 12.2 Å². The molecule has 4 nitrogen and oxygen atoms in total. The van der Waals surface area contributed by atoms with E-state index in [9.17, 15) is 9.59 Å². The second-order valence-electron chi connectivity index (χ2n) is 5.31. The van der Waals surface area contributed by atoms with Gasteiger partial charge in [0.1, 0.15) is 0 Å². The summed E-state index contributed by atoms with van der Waals surface area (Å²) in [5.41, 5.74) is 0. The van der Waals surface area contributed by atoms with Crippen molar-refractivity contribution in [2.75, 3.05) is 6.54 Å². The van der Waals surface area contributed by atoms with Gasteiger partial charge in [-0.3, -0.25) is 4.79 Å². The first-order valence-electron chi connectivity index (χ1n) is 6.90. The predicted molar refractivity (Wildman–Crippen MR) is 68.1 cm³/mol. The molecule has 1 amide bonds. The fourth-order valence-corrected chi connectivity index (χ4v) is 3.31. The van der Waals surface area contributed by atoms with E-state index in [1.807, 2.05) is 4.90 Å². The lowest BCUT2D eigenvalue weighted by molar-refractivity contribution is -0.132. The molecule has 1 aliphatic carbocycles. The van der Waals surface area contributed by atoms with Crippen molar-refractivity contribution in [1.82, 2.24) is 4.90 Å². The third kappa shape index (κ3) is 3.12. The number of hydrogen-bond acceptors (Lipinski definition) is 2. The highest BCUT2D eigenvalue weighted by atomic mass is 16.4. The van der Waals surface area contributed by atoms with Crippen LogP contribution in [-0.2, 0) is 9.59 Å². The van der Waals surface area contributed by atoms with Crippen molar-refractivity contribution in [3.8, 4) is 0 Å². The number of likely N-dealkylation sites (tertiary alicyclic amines) is 1. The monoisotopic (exact) mass is 251 g/mol. The zero-order valence-electron chi connectivity index (χ0n) is 10.7. The van der Waals surface area contributed by atoms with Crippen LogP contribution in [0.4, 0.5) is 0 Å². The number of aliphatic carboxylic acids is 1. The number of rotatable bonds is 3. The second kappa shape index (κ2) is 6.03. The minimum atomic E-state index is -1.06. The maximum Gasteiger partial charge on any atom is 0.328 e. The highest BCUT2D eigenvalue weighted by Crippen LogP contribution is 2.34. The van der Waals surface area contributed by atoms with Gasteiger partial charge in [-0.25, -0.2) is 4.79 Å². The number of carbonyl (C=O) groups excluding carboxylic acids is 1. The molecule has 2 aliphatic rings. The van der Waals surface area contributed by atoms with Crippen molar-refractivity contribution in [3.63, 3.8) is 0 Å². The zero-order valence-corrected chi connectivity index (χ0v) is 10.7. The molecule has 1 heterocycles. The molecule has 2 rings (SSSR count). The zero-order chi connectivity index (χ0) is 13.0. The van der Waals surface area contributed by atoms with Gasteiger partial charge in [0.15, 0.2) is 0 Å². The molecule has 0 aromatic carbocycles. The van der Waals surface area contributed by atoms with E-state index in [0.717, 1.165) is 25.5 Å². The first-order chi connectivity index (χ1) is 8.68. The SMILES string of the molecule is O=C(O)/C=C/C(=O)N1CCCC1C1CCCCC1. The van der Waals surface area contributed by atoms with Gasteiger partial charge in [0, 0.05) is 24.7 Å². The van der Waals surface area contributed by atoms with Crippen molar-refractivity contribution in [3.05, 3.63) is 12.2 Å². The van der Waals surface area contributed by atoms with E-state index in [1.54, 1.807) is 0 Å². The fourth-order valence-electron chi connectivity index (χ4n) is 3.31. The van der Waals surface area contributed by atoms with Gasteiger partial charge in [0.2, 0.25) is 5.91 Å². The maximum absolute atomic E-state index is 12.0. The normalized spacial score (nSPS) is 25.8. The lowest BCUT2D eigenvalue weighted by Crippen LogP contribution is -2.40. The quantitative estimate of drug-likeness (QED) is 0.782. The van der Waals surface area contributed by atoms with Crippen molar-refractivity contribution in [1.29, 1.82) is 0 Å². The number of carboxylic acids is 1. The molecular formula is C14H21NO3. The number of carbonyl (C=O) groups is 2. The van der Waals surface area contributed by atoms with Crippen molar-refractivity contribution >= 4 is 11.9 Å². The predicted octanol–water partition coefficient (Wildman–Crippen LogP) is 2.20. The summed E-state index contributed by atoms with van der Waals surface area (Å²) in [6.07, 6.45) is 10.6. The molecule has 1 saturated carbocycles. The lowest BCUT2D eigenvalue weighted by atomic mass is 9.83. The maximum atomic E-state index is 12.0. The Labute approximate surface area is 108 Å². The number of carboxylic acid groups (broad SMARTS) is 1. The standard InChI is InChI=1S/C14H21NO3/c16-13(8-9-14(17)18)15-10-4-7-12(15)11-5-2-1-3-6-11/h8-9,11-12H,1-7,10H2,(H,17,18)/b9-8+. The first kappa shape index (κ1) is 13.1. The van der Waals surface area contributed by atoms with Crippen LogP contribution >= 0.6 is 0 Å². The van der Waals surface area contributed by atoms with Gasteiger partial charge >= 0.3 is 5.97 Å². The van der Waals surface area contributed by atoms with Crippen LogP contribution in [0, 0.1) is 5.92 Å². The molecule has 1 atom stereocenters. The number of hydrogen-bond donors (Lipinski definition) is 1. The van der Waals surface area contributed by atoms with Gasteiger partial charge < -0.3 is 10.0 Å². The summed E-state index contributed by atoms with van der Waals surface area (Å²) < 4.78 is 0. The Hall–Kier alpha value is -1.32. The molecule has 0 bridgehead atoms. The van der Waals surface area contributed by atoms with Gasteiger partial charge in [0.25, 0.3) is 0 Å². The molecule has 0 aromatic heterocycles. The lowest BCUT2D eigenvalue weighted by Gasteiger charge is -2.33. The summed E-state index contributed by atoms with van der Waals surface area (Å²) in [6.45, 7) is 0.782. The summed E-state index contributed by atoms with van der Waals surface area (Å²) in [5, 5.41) is 8.56. The van der Waals surface area contributed by atoms with Gasteiger partial charge in [-0.15, -0.1) is 0 Å². The molecule has 1 unspecified atom stereocenters. The summed E-state index contributed by atoms with van der Waals surface area (Å²) in [4.78, 5) is 24.3. The van der Waals surface area contributed by atoms with E-state index in [2.05, 4.69) is 0 Å². The fraction of sp³-hybridized carbons (Fsp3) is 0.714. The largest absolute Gasteiger partial charge is 0.478 e. The molecular weight excluding hydrogens is 230 g/mol. The Kier molecular flexibility index (Phi) is 4.39. The van der Waals surface area contributed by atoms with E-state index in [0.29, 0.717) is 12.0 Å². The van der Waals surface area contributed by atoms with Crippen LogP contribution in [0.3, 0.4) is 0 Å². The minimum absolute atomic E-state index is 0.134. The minimum Gasteiger partial charge on any atom is -0.478 e. The molecule has 0 radical (unpaired) electrons. The Morgan fingerprint density at radius 1 is 1.00 bits per heavy atom. The van der Waals surface area contributed by atoms with Crippen LogP contribution in [-0.4, -0.2) is 34.5 Å². The van der Waals surface area contributed by atoms with Gasteiger partial charge in [-0.1, -0.05) is 19.3 Å². The van der Waals surface area contributed by atoms with E-state index in [1.165, 1.54) is 38.2 Å².